The summed E-state index contributed by atoms with van der Waals surface area (Å²) >= 11 is 0. The second-order valence-corrected chi connectivity index (χ2v) is 7.11. The summed E-state index contributed by atoms with van der Waals surface area (Å²) in [6, 6.07) is 11.7. The highest BCUT2D eigenvalue weighted by atomic mass is 16.5. The van der Waals surface area contributed by atoms with E-state index >= 15 is 0 Å². The number of benzene rings is 1. The van der Waals surface area contributed by atoms with Gasteiger partial charge in [0.15, 0.2) is 0 Å². The predicted octanol–water partition coefficient (Wildman–Crippen LogP) is 3.39. The van der Waals surface area contributed by atoms with Gasteiger partial charge in [-0.25, -0.2) is 4.98 Å². The molecule has 1 aliphatic rings. The quantitative estimate of drug-likeness (QED) is 0.827. The molecule has 5 nitrogen and oxygen atoms in total. The maximum Gasteiger partial charge on any atom is 0.253 e. The summed E-state index contributed by atoms with van der Waals surface area (Å²) in [6.07, 6.45) is 3.69. The van der Waals surface area contributed by atoms with Gasteiger partial charge in [0.25, 0.3) is 5.91 Å². The fourth-order valence-electron chi connectivity index (χ4n) is 3.21. The SMILES string of the molecule is Cc1cccnc1OCC1CCN(C(=O)c2ccc(N(C)C)cc2)CC1. The zero-order valence-corrected chi connectivity index (χ0v) is 15.8. The fourth-order valence-corrected chi connectivity index (χ4v) is 3.21. The van der Waals surface area contributed by atoms with E-state index in [0.717, 1.165) is 42.7 Å². The number of piperidine rings is 1. The van der Waals surface area contributed by atoms with Crippen molar-refractivity contribution in [3.05, 3.63) is 53.7 Å². The van der Waals surface area contributed by atoms with Gasteiger partial charge in [0.05, 0.1) is 6.61 Å². The number of nitrogens with zero attached hydrogens (tertiary/aromatic N) is 3. The van der Waals surface area contributed by atoms with Crippen molar-refractivity contribution in [3.8, 4) is 5.88 Å². The molecule has 1 aliphatic heterocycles. The summed E-state index contributed by atoms with van der Waals surface area (Å²) in [4.78, 5) is 20.9. The van der Waals surface area contributed by atoms with Crippen LogP contribution in [-0.2, 0) is 0 Å². The number of pyridine rings is 1. The van der Waals surface area contributed by atoms with Gasteiger partial charge >= 0.3 is 0 Å². The maximum absolute atomic E-state index is 12.7. The maximum atomic E-state index is 12.7. The monoisotopic (exact) mass is 353 g/mol. The molecule has 1 saturated heterocycles. The lowest BCUT2D eigenvalue weighted by Gasteiger charge is -2.32. The normalized spacial score (nSPS) is 15.0. The smallest absolute Gasteiger partial charge is 0.253 e. The average molecular weight is 353 g/mol. The molecule has 1 aromatic heterocycles. The Morgan fingerprint density at radius 3 is 2.50 bits per heavy atom. The molecule has 0 N–H and O–H groups in total. The number of rotatable bonds is 5. The molecule has 1 amide bonds. The van der Waals surface area contributed by atoms with Crippen LogP contribution in [0.3, 0.4) is 0 Å². The van der Waals surface area contributed by atoms with Crippen LogP contribution in [0.2, 0.25) is 0 Å². The molecule has 0 saturated carbocycles. The van der Waals surface area contributed by atoms with Crippen LogP contribution in [0.1, 0.15) is 28.8 Å². The second kappa shape index (κ2) is 8.21. The van der Waals surface area contributed by atoms with E-state index in [-0.39, 0.29) is 5.91 Å². The van der Waals surface area contributed by atoms with Crippen LogP contribution in [0, 0.1) is 12.8 Å². The highest BCUT2D eigenvalue weighted by Gasteiger charge is 2.24. The molecular formula is C21H27N3O2. The molecule has 0 atom stereocenters. The third-order valence-electron chi connectivity index (χ3n) is 4.95. The summed E-state index contributed by atoms with van der Waals surface area (Å²) in [6.45, 7) is 4.23. The van der Waals surface area contributed by atoms with Crippen molar-refractivity contribution in [2.75, 3.05) is 38.7 Å². The number of hydrogen-bond acceptors (Lipinski definition) is 4. The zero-order chi connectivity index (χ0) is 18.5. The minimum absolute atomic E-state index is 0.121. The summed E-state index contributed by atoms with van der Waals surface area (Å²) in [5.41, 5.74) is 2.91. The van der Waals surface area contributed by atoms with E-state index in [0.29, 0.717) is 18.4 Å². The lowest BCUT2D eigenvalue weighted by molar-refractivity contribution is 0.0659. The first kappa shape index (κ1) is 18.2. The summed E-state index contributed by atoms with van der Waals surface area (Å²) in [5.74, 6) is 1.30. The molecule has 1 aromatic carbocycles. The van der Waals surface area contributed by atoms with E-state index in [1.807, 2.05) is 67.2 Å². The molecule has 5 heteroatoms. The number of anilines is 1. The van der Waals surface area contributed by atoms with Gasteiger partial charge < -0.3 is 14.5 Å². The Hall–Kier alpha value is -2.56. The first-order valence-electron chi connectivity index (χ1n) is 9.15. The van der Waals surface area contributed by atoms with Crippen LogP contribution < -0.4 is 9.64 Å². The Bertz CT molecular complexity index is 735. The Balaban J connectivity index is 1.50. The van der Waals surface area contributed by atoms with Crippen LogP contribution in [0.4, 0.5) is 5.69 Å². The van der Waals surface area contributed by atoms with Crippen LogP contribution in [0.15, 0.2) is 42.6 Å². The topological polar surface area (TPSA) is 45.7 Å². The van der Waals surface area contributed by atoms with E-state index in [2.05, 4.69) is 4.98 Å². The molecule has 3 rings (SSSR count). The van der Waals surface area contributed by atoms with E-state index in [9.17, 15) is 4.79 Å². The zero-order valence-electron chi connectivity index (χ0n) is 15.8. The highest BCUT2D eigenvalue weighted by molar-refractivity contribution is 5.94. The standard InChI is InChI=1S/C21H27N3O2/c1-16-5-4-12-22-20(16)26-15-17-10-13-24(14-11-17)21(25)18-6-8-19(9-7-18)23(2)3/h4-9,12,17H,10-11,13-15H2,1-3H3. The second-order valence-electron chi connectivity index (χ2n) is 7.11. The van der Waals surface area contributed by atoms with Gasteiger partial charge in [-0.15, -0.1) is 0 Å². The van der Waals surface area contributed by atoms with E-state index < -0.39 is 0 Å². The molecule has 0 bridgehead atoms. The Kier molecular flexibility index (Phi) is 5.76. The molecule has 138 valence electrons. The number of aromatic nitrogens is 1. The minimum atomic E-state index is 0.121. The lowest BCUT2D eigenvalue weighted by atomic mass is 9.97. The fraction of sp³-hybridized carbons (Fsp3) is 0.429. The van der Waals surface area contributed by atoms with Gasteiger partial charge in [-0.05, 0) is 56.0 Å². The molecule has 0 radical (unpaired) electrons. The van der Waals surface area contributed by atoms with Crippen LogP contribution in [-0.4, -0.2) is 49.6 Å². The largest absolute Gasteiger partial charge is 0.477 e. The van der Waals surface area contributed by atoms with E-state index in [1.54, 1.807) is 6.20 Å². The summed E-state index contributed by atoms with van der Waals surface area (Å²) < 4.78 is 5.87. The van der Waals surface area contributed by atoms with Crippen molar-refractivity contribution in [1.29, 1.82) is 0 Å². The number of likely N-dealkylation sites (tertiary alicyclic amines) is 1. The number of aryl methyl sites for hydroxylation is 1. The van der Waals surface area contributed by atoms with Gasteiger partial charge in [-0.3, -0.25) is 4.79 Å². The summed E-state index contributed by atoms with van der Waals surface area (Å²) in [7, 11) is 3.99. The number of carbonyl (C=O) groups excluding carboxylic acids is 1. The van der Waals surface area contributed by atoms with Crippen molar-refractivity contribution >= 4 is 11.6 Å². The van der Waals surface area contributed by atoms with Gasteiger partial charge in [-0.1, -0.05) is 6.07 Å². The lowest BCUT2D eigenvalue weighted by Crippen LogP contribution is -2.39. The van der Waals surface area contributed by atoms with Crippen molar-refractivity contribution in [3.63, 3.8) is 0 Å². The van der Waals surface area contributed by atoms with Gasteiger partial charge in [-0.2, -0.15) is 0 Å². The Morgan fingerprint density at radius 2 is 1.88 bits per heavy atom. The molecular weight excluding hydrogens is 326 g/mol. The number of ether oxygens (including phenoxy) is 1. The van der Waals surface area contributed by atoms with Crippen molar-refractivity contribution in [2.45, 2.75) is 19.8 Å². The molecule has 0 spiro atoms. The Labute approximate surface area is 155 Å². The van der Waals surface area contributed by atoms with Gasteiger partial charge in [0, 0.05) is 50.2 Å². The van der Waals surface area contributed by atoms with Crippen LogP contribution in [0.25, 0.3) is 0 Å². The summed E-state index contributed by atoms with van der Waals surface area (Å²) in [5, 5.41) is 0. The molecule has 26 heavy (non-hydrogen) atoms. The minimum Gasteiger partial charge on any atom is -0.477 e. The molecule has 2 aromatic rings. The average Bonchev–Trinajstić information content (AvgIpc) is 2.67. The van der Waals surface area contributed by atoms with Crippen molar-refractivity contribution in [1.82, 2.24) is 9.88 Å². The molecule has 0 unspecified atom stereocenters. The first-order valence-corrected chi connectivity index (χ1v) is 9.15. The Morgan fingerprint density at radius 1 is 1.19 bits per heavy atom. The third-order valence-corrected chi connectivity index (χ3v) is 4.95. The molecule has 1 fully saturated rings. The van der Waals surface area contributed by atoms with E-state index in [1.165, 1.54) is 0 Å². The van der Waals surface area contributed by atoms with Crippen molar-refractivity contribution < 1.29 is 9.53 Å². The van der Waals surface area contributed by atoms with Gasteiger partial charge in [0.2, 0.25) is 5.88 Å². The van der Waals surface area contributed by atoms with Gasteiger partial charge in [0.1, 0.15) is 0 Å². The van der Waals surface area contributed by atoms with Crippen LogP contribution in [0.5, 0.6) is 5.88 Å². The highest BCUT2D eigenvalue weighted by Crippen LogP contribution is 2.22. The molecule has 0 aliphatic carbocycles. The third kappa shape index (κ3) is 4.34. The van der Waals surface area contributed by atoms with Crippen molar-refractivity contribution in [2.24, 2.45) is 5.92 Å². The van der Waals surface area contributed by atoms with Crippen LogP contribution >= 0.6 is 0 Å². The van der Waals surface area contributed by atoms with E-state index in [4.69, 9.17) is 4.74 Å². The number of hydrogen-bond donors (Lipinski definition) is 0. The predicted molar refractivity (Wildman–Crippen MR) is 104 cm³/mol. The number of amides is 1. The first-order chi connectivity index (χ1) is 12.5. The number of carbonyl (C=O) groups is 1. The molecule has 2 heterocycles.